The zero-order valence-electron chi connectivity index (χ0n) is 12.7. The first-order valence-electron chi connectivity index (χ1n) is 6.66. The van der Waals surface area contributed by atoms with Gasteiger partial charge in [-0.05, 0) is 6.07 Å². The zero-order chi connectivity index (χ0) is 18.1. The number of hydrogen-bond donors (Lipinski definition) is 1. The third-order valence-electron chi connectivity index (χ3n) is 3.26. The number of para-hydroxylation sites is 1. The van der Waals surface area contributed by atoms with Gasteiger partial charge >= 0.3 is 11.9 Å². The van der Waals surface area contributed by atoms with E-state index >= 15 is 0 Å². The maximum atomic E-state index is 13.1. The second-order valence-electron chi connectivity index (χ2n) is 5.11. The second-order valence-corrected chi connectivity index (χ2v) is 6.89. The molecule has 0 saturated heterocycles. The summed E-state index contributed by atoms with van der Waals surface area (Å²) in [5.41, 5.74) is 0.221. The summed E-state index contributed by atoms with van der Waals surface area (Å²) in [5.74, 6) is 0. The molecule has 7 nitrogen and oxygen atoms in total. The number of benzene rings is 1. The van der Waals surface area contributed by atoms with E-state index < -0.39 is 28.8 Å². The Labute approximate surface area is 135 Å². The van der Waals surface area contributed by atoms with Gasteiger partial charge in [-0.2, -0.15) is 13.2 Å². The Balaban J connectivity index is 2.49. The maximum Gasteiger partial charge on any atom is 0.406 e. The van der Waals surface area contributed by atoms with Crippen molar-refractivity contribution in [2.24, 2.45) is 0 Å². The van der Waals surface area contributed by atoms with Gasteiger partial charge in [0.05, 0.1) is 11.2 Å². The molecule has 0 bridgehead atoms. The molecule has 132 valence electrons. The van der Waals surface area contributed by atoms with Crippen LogP contribution in [-0.4, -0.2) is 43.5 Å². The number of alkyl halides is 3. The van der Waals surface area contributed by atoms with Crippen molar-refractivity contribution in [3.05, 3.63) is 35.4 Å². The number of aromatic nitrogens is 1. The van der Waals surface area contributed by atoms with Crippen LogP contribution in [0.15, 0.2) is 30.5 Å². The Morgan fingerprint density at radius 1 is 1.33 bits per heavy atom. The number of nitrogens with one attached hydrogen (secondary N) is 1. The lowest BCUT2D eigenvalue weighted by molar-refractivity contribution is -0.735. The van der Waals surface area contributed by atoms with E-state index in [4.69, 9.17) is 0 Å². The van der Waals surface area contributed by atoms with Crippen LogP contribution in [0.5, 0.6) is 0 Å². The molecule has 0 saturated carbocycles. The van der Waals surface area contributed by atoms with Crippen molar-refractivity contribution < 1.29 is 31.3 Å². The van der Waals surface area contributed by atoms with Crippen LogP contribution in [0.1, 0.15) is 0 Å². The SMILES string of the molecule is CO[N+](=O)c1cccc2ccn(CC(NS(C)(=O)=O)C(F)(F)F)c12. The van der Waals surface area contributed by atoms with E-state index in [2.05, 4.69) is 4.84 Å². The molecule has 0 aliphatic heterocycles. The van der Waals surface area contributed by atoms with E-state index in [1.54, 1.807) is 16.9 Å². The molecule has 1 heterocycles. The average Bonchev–Trinajstić information content (AvgIpc) is 2.86. The predicted octanol–water partition coefficient (Wildman–Crippen LogP) is 2.09. The van der Waals surface area contributed by atoms with Crippen LogP contribution >= 0.6 is 0 Å². The first-order valence-corrected chi connectivity index (χ1v) is 8.55. The van der Waals surface area contributed by atoms with Gasteiger partial charge in [-0.15, -0.1) is 0 Å². The second kappa shape index (κ2) is 6.40. The first kappa shape index (κ1) is 18.2. The van der Waals surface area contributed by atoms with Gasteiger partial charge in [-0.3, -0.25) is 0 Å². The largest absolute Gasteiger partial charge is 0.406 e. The number of sulfonamides is 1. The van der Waals surface area contributed by atoms with Gasteiger partial charge in [0.15, 0.2) is 7.11 Å². The van der Waals surface area contributed by atoms with Crippen molar-refractivity contribution in [2.75, 3.05) is 13.4 Å². The average molecular weight is 366 g/mol. The lowest BCUT2D eigenvalue weighted by atomic mass is 10.2. The molecular formula is C13H15F3N3O4S+. The van der Waals surface area contributed by atoms with Crippen LogP contribution in [-0.2, 0) is 21.4 Å². The minimum Gasteiger partial charge on any atom is -0.340 e. The minimum absolute atomic E-state index is 0.0141. The fourth-order valence-corrected chi connectivity index (χ4v) is 3.03. The van der Waals surface area contributed by atoms with Crippen LogP contribution in [0.25, 0.3) is 10.9 Å². The number of fused-ring (bicyclic) bond motifs is 1. The summed E-state index contributed by atoms with van der Waals surface area (Å²) in [5, 5.41) is 0.519. The van der Waals surface area contributed by atoms with Crippen molar-refractivity contribution in [1.29, 1.82) is 0 Å². The molecule has 1 N–H and O–H groups in total. The van der Waals surface area contributed by atoms with Gasteiger partial charge in [0.2, 0.25) is 10.0 Å². The summed E-state index contributed by atoms with van der Waals surface area (Å²) >= 11 is 0. The van der Waals surface area contributed by atoms with Gasteiger partial charge in [-0.25, -0.2) is 18.0 Å². The van der Waals surface area contributed by atoms with Gasteiger partial charge in [0, 0.05) is 24.2 Å². The third kappa shape index (κ3) is 4.03. The van der Waals surface area contributed by atoms with Crippen LogP contribution in [0.2, 0.25) is 0 Å². The van der Waals surface area contributed by atoms with Gasteiger partial charge in [0.1, 0.15) is 11.6 Å². The molecule has 1 aromatic heterocycles. The molecule has 2 rings (SSSR count). The molecule has 11 heteroatoms. The number of halogens is 3. The molecule has 1 unspecified atom stereocenters. The van der Waals surface area contributed by atoms with E-state index in [-0.39, 0.29) is 16.1 Å². The monoisotopic (exact) mass is 366 g/mol. The normalized spacial score (nSPS) is 13.9. The summed E-state index contributed by atoms with van der Waals surface area (Å²) in [4.78, 5) is 16.5. The highest BCUT2D eigenvalue weighted by molar-refractivity contribution is 7.88. The molecule has 0 fully saturated rings. The smallest absolute Gasteiger partial charge is 0.340 e. The summed E-state index contributed by atoms with van der Waals surface area (Å²) in [6.07, 6.45) is -2.80. The molecule has 24 heavy (non-hydrogen) atoms. The van der Waals surface area contributed by atoms with Crippen molar-refractivity contribution >= 4 is 26.6 Å². The molecule has 0 spiro atoms. The zero-order valence-corrected chi connectivity index (χ0v) is 13.6. The third-order valence-corrected chi connectivity index (χ3v) is 3.97. The number of hydrogen-bond acceptors (Lipinski definition) is 4. The fourth-order valence-electron chi connectivity index (χ4n) is 2.30. The Morgan fingerprint density at radius 3 is 2.54 bits per heavy atom. The lowest BCUT2D eigenvalue weighted by Crippen LogP contribution is -2.47. The van der Waals surface area contributed by atoms with E-state index in [9.17, 15) is 26.5 Å². The summed E-state index contributed by atoms with van der Waals surface area (Å²) in [6.45, 7) is -0.728. The molecule has 0 amide bonds. The van der Waals surface area contributed by atoms with E-state index in [0.29, 0.717) is 11.6 Å². The van der Waals surface area contributed by atoms with Crippen molar-refractivity contribution in [2.45, 2.75) is 18.8 Å². The minimum atomic E-state index is -4.80. The summed E-state index contributed by atoms with van der Waals surface area (Å²) < 4.78 is 64.5. The quantitative estimate of drug-likeness (QED) is 0.794. The van der Waals surface area contributed by atoms with Crippen LogP contribution in [0, 0.1) is 4.91 Å². The highest BCUT2D eigenvalue weighted by atomic mass is 32.2. The molecule has 2 aromatic rings. The topological polar surface area (TPSA) is 80.4 Å². The molecular weight excluding hydrogens is 351 g/mol. The lowest BCUT2D eigenvalue weighted by Gasteiger charge is -2.21. The van der Waals surface area contributed by atoms with Crippen LogP contribution in [0.3, 0.4) is 0 Å². The number of rotatable bonds is 6. The Morgan fingerprint density at radius 2 is 2.00 bits per heavy atom. The van der Waals surface area contributed by atoms with E-state index in [0.717, 1.165) is 11.7 Å². The van der Waals surface area contributed by atoms with Crippen LogP contribution < -0.4 is 4.72 Å². The van der Waals surface area contributed by atoms with Gasteiger partial charge in [0.25, 0.3) is 4.92 Å². The molecule has 0 radical (unpaired) electrons. The Bertz CT molecular complexity index is 861. The fraction of sp³-hybridized carbons (Fsp3) is 0.385. The molecule has 0 aliphatic rings. The van der Waals surface area contributed by atoms with Crippen molar-refractivity contribution in [1.82, 2.24) is 9.29 Å². The predicted molar refractivity (Wildman–Crippen MR) is 80.1 cm³/mol. The highest BCUT2D eigenvalue weighted by Crippen LogP contribution is 2.29. The van der Waals surface area contributed by atoms with Crippen LogP contribution in [0.4, 0.5) is 18.9 Å². The molecule has 1 atom stereocenters. The van der Waals surface area contributed by atoms with Crippen molar-refractivity contribution in [3.8, 4) is 0 Å². The van der Waals surface area contributed by atoms with Gasteiger partial charge < -0.3 is 4.57 Å². The van der Waals surface area contributed by atoms with Gasteiger partial charge in [-0.1, -0.05) is 12.1 Å². The first-order chi connectivity index (χ1) is 11.0. The Hall–Kier alpha value is -2.14. The highest BCUT2D eigenvalue weighted by Gasteiger charge is 2.42. The molecule has 1 aromatic carbocycles. The maximum absolute atomic E-state index is 13.1. The van der Waals surface area contributed by atoms with E-state index in [1.165, 1.54) is 18.3 Å². The summed E-state index contributed by atoms with van der Waals surface area (Å²) in [7, 11) is -2.95. The van der Waals surface area contributed by atoms with Crippen molar-refractivity contribution in [3.63, 3.8) is 0 Å². The Kier molecular flexibility index (Phi) is 4.85. The standard InChI is InChI=1S/C13H15F3N3O4S/c1-23-19(20)10-5-3-4-9-6-7-18(12(9)10)8-11(13(14,15)16)17-24(2,21)22/h3-7,11,17H,8H2,1-2H3/q+1. The molecule has 0 aliphatic carbocycles. The number of nitrogens with zero attached hydrogens (tertiary/aromatic N) is 2. The summed E-state index contributed by atoms with van der Waals surface area (Å²) in [6, 6.07) is 3.75. The van der Waals surface area contributed by atoms with E-state index in [1.807, 2.05) is 0 Å².